The third kappa shape index (κ3) is 10.8. The topological polar surface area (TPSA) is 96.5 Å². The minimum Gasteiger partial charge on any atom is -0.453 e. The third-order valence-corrected chi connectivity index (χ3v) is 3.33. The number of anilines is 1. The number of rotatable bonds is 7. The van der Waals surface area contributed by atoms with Crippen LogP contribution in [0.3, 0.4) is 0 Å². The molecule has 0 aliphatic heterocycles. The van der Waals surface area contributed by atoms with Gasteiger partial charge in [0.1, 0.15) is 0 Å². The van der Waals surface area contributed by atoms with Crippen molar-refractivity contribution in [2.45, 2.75) is 33.2 Å². The van der Waals surface area contributed by atoms with Crippen LogP contribution in [0.1, 0.15) is 38.8 Å². The Hall–Kier alpha value is -1.80. The van der Waals surface area contributed by atoms with Gasteiger partial charge in [0.2, 0.25) is 10.0 Å². The van der Waals surface area contributed by atoms with Crippen LogP contribution < -0.4 is 15.4 Å². The van der Waals surface area contributed by atoms with Gasteiger partial charge in [-0.3, -0.25) is 4.72 Å². The van der Waals surface area contributed by atoms with Crippen molar-refractivity contribution >= 4 is 21.8 Å². The van der Waals surface area contributed by atoms with Crippen LogP contribution in [0.15, 0.2) is 24.3 Å². The Morgan fingerprint density at radius 2 is 1.88 bits per heavy atom. The molecule has 0 radical (unpaired) electrons. The summed E-state index contributed by atoms with van der Waals surface area (Å²) in [7, 11) is -1.97. The molecule has 0 aromatic heterocycles. The van der Waals surface area contributed by atoms with E-state index in [1.807, 2.05) is 13.0 Å². The van der Waals surface area contributed by atoms with Crippen molar-refractivity contribution in [1.29, 1.82) is 0 Å². The first-order chi connectivity index (χ1) is 11.2. The summed E-state index contributed by atoms with van der Waals surface area (Å²) in [6.45, 7) is 7.22. The van der Waals surface area contributed by atoms with Crippen molar-refractivity contribution in [3.05, 3.63) is 29.8 Å². The Kier molecular flexibility index (Phi) is 10.8. The van der Waals surface area contributed by atoms with Crippen molar-refractivity contribution in [2.75, 3.05) is 31.2 Å². The van der Waals surface area contributed by atoms with Gasteiger partial charge < -0.3 is 15.4 Å². The molecule has 1 aromatic carbocycles. The molecule has 0 heterocycles. The van der Waals surface area contributed by atoms with Crippen LogP contribution in [0.4, 0.5) is 10.5 Å². The van der Waals surface area contributed by atoms with Crippen molar-refractivity contribution in [3.8, 4) is 0 Å². The van der Waals surface area contributed by atoms with E-state index in [9.17, 15) is 13.2 Å². The second-order valence-electron chi connectivity index (χ2n) is 5.30. The minimum atomic E-state index is -3.28. The van der Waals surface area contributed by atoms with E-state index in [4.69, 9.17) is 0 Å². The number of ether oxygens (including phenoxy) is 1. The van der Waals surface area contributed by atoms with Gasteiger partial charge in [0.05, 0.1) is 13.4 Å². The molecule has 1 amide bonds. The summed E-state index contributed by atoms with van der Waals surface area (Å²) >= 11 is 0. The van der Waals surface area contributed by atoms with E-state index in [1.54, 1.807) is 18.2 Å². The second-order valence-corrected chi connectivity index (χ2v) is 7.05. The lowest BCUT2D eigenvalue weighted by Crippen LogP contribution is -2.32. The molecule has 0 saturated heterocycles. The Bertz CT molecular complexity index is 591. The molecule has 7 nitrogen and oxygen atoms in total. The summed E-state index contributed by atoms with van der Waals surface area (Å²) < 4.78 is 29.3. The molecule has 0 spiro atoms. The number of carbonyl (C=O) groups is 1. The average molecular weight is 359 g/mol. The lowest BCUT2D eigenvalue weighted by Gasteiger charge is -2.15. The maximum Gasteiger partial charge on any atom is 0.406 e. The Balaban J connectivity index is 0.00000163. The molecule has 0 saturated carbocycles. The van der Waals surface area contributed by atoms with Gasteiger partial charge in [0.25, 0.3) is 0 Å². The molecule has 8 heteroatoms. The molecule has 0 fully saturated rings. The number of amides is 1. The highest BCUT2D eigenvalue weighted by atomic mass is 32.2. The molecule has 3 N–H and O–H groups in total. The molecule has 0 aliphatic carbocycles. The van der Waals surface area contributed by atoms with E-state index in [0.717, 1.165) is 11.8 Å². The molecule has 1 rings (SSSR count). The van der Waals surface area contributed by atoms with Crippen molar-refractivity contribution in [1.82, 2.24) is 10.6 Å². The first kappa shape index (κ1) is 22.2. The fourth-order valence-electron chi connectivity index (χ4n) is 1.73. The van der Waals surface area contributed by atoms with Gasteiger partial charge >= 0.3 is 6.09 Å². The van der Waals surface area contributed by atoms with Gasteiger partial charge in [0.15, 0.2) is 0 Å². The zero-order chi connectivity index (χ0) is 18.6. The molecule has 1 atom stereocenters. The van der Waals surface area contributed by atoms with Gasteiger partial charge in [0, 0.05) is 24.8 Å². The molecule has 0 bridgehead atoms. The zero-order valence-electron chi connectivity index (χ0n) is 15.0. The molecule has 1 unspecified atom stereocenters. The number of benzene rings is 1. The van der Waals surface area contributed by atoms with Crippen molar-refractivity contribution < 1.29 is 17.9 Å². The fourth-order valence-corrected chi connectivity index (χ4v) is 2.28. The molecular formula is C16H29N3O4S. The lowest BCUT2D eigenvalue weighted by molar-refractivity contribution is 0.171. The molecule has 24 heavy (non-hydrogen) atoms. The summed E-state index contributed by atoms with van der Waals surface area (Å²) in [6.07, 6.45) is 1.89. The molecule has 1 aromatic rings. The smallest absolute Gasteiger partial charge is 0.406 e. The largest absolute Gasteiger partial charge is 0.453 e. The number of sulfonamides is 1. The lowest BCUT2D eigenvalue weighted by atomic mass is 10.1. The van der Waals surface area contributed by atoms with Gasteiger partial charge in [-0.15, -0.1) is 0 Å². The highest BCUT2D eigenvalue weighted by Crippen LogP contribution is 2.17. The van der Waals surface area contributed by atoms with Crippen LogP contribution in [-0.2, 0) is 14.8 Å². The van der Waals surface area contributed by atoms with E-state index in [2.05, 4.69) is 33.9 Å². The number of hydrogen-bond acceptors (Lipinski definition) is 5. The molecule has 0 aliphatic rings. The summed E-state index contributed by atoms with van der Waals surface area (Å²) in [4.78, 5) is 10.9. The van der Waals surface area contributed by atoms with Crippen LogP contribution in [0.2, 0.25) is 0 Å². The zero-order valence-corrected chi connectivity index (χ0v) is 15.9. The highest BCUT2D eigenvalue weighted by Gasteiger charge is 2.07. The number of methoxy groups -OCH3 is 1. The maximum atomic E-state index is 11.2. The third-order valence-electron chi connectivity index (χ3n) is 2.72. The quantitative estimate of drug-likeness (QED) is 0.650. The summed E-state index contributed by atoms with van der Waals surface area (Å²) in [5, 5.41) is 5.79. The highest BCUT2D eigenvalue weighted by molar-refractivity contribution is 7.92. The van der Waals surface area contributed by atoms with Gasteiger partial charge in [-0.1, -0.05) is 32.4 Å². The monoisotopic (exact) mass is 359 g/mol. The number of hydrogen-bond donors (Lipinski definition) is 3. The summed E-state index contributed by atoms with van der Waals surface area (Å²) in [5.41, 5.74) is 1.47. The van der Waals surface area contributed by atoms with E-state index in [0.29, 0.717) is 18.8 Å². The predicted octanol–water partition coefficient (Wildman–Crippen LogP) is 2.48. The average Bonchev–Trinajstić information content (AvgIpc) is 2.50. The number of alkyl carbamates (subject to hydrolysis) is 1. The summed E-state index contributed by atoms with van der Waals surface area (Å²) in [6, 6.07) is 7.17. The number of carbonyl (C=O) groups excluding carboxylic acids is 1. The second kappa shape index (κ2) is 11.7. The van der Waals surface area contributed by atoms with E-state index in [-0.39, 0.29) is 6.04 Å². The Labute approximate surface area is 145 Å². The van der Waals surface area contributed by atoms with Crippen molar-refractivity contribution in [3.63, 3.8) is 0 Å². The van der Waals surface area contributed by atoms with Crippen LogP contribution in [0.25, 0.3) is 0 Å². The fraction of sp³-hybridized carbons (Fsp3) is 0.562. The molecule has 138 valence electrons. The van der Waals surface area contributed by atoms with Crippen molar-refractivity contribution in [2.24, 2.45) is 0 Å². The first-order valence-corrected chi connectivity index (χ1v) is 9.75. The van der Waals surface area contributed by atoms with E-state index >= 15 is 0 Å². The van der Waals surface area contributed by atoms with Gasteiger partial charge in [-0.2, -0.15) is 0 Å². The van der Waals surface area contributed by atoms with Gasteiger partial charge in [-0.25, -0.2) is 13.2 Å². The van der Waals surface area contributed by atoms with Crippen LogP contribution >= 0.6 is 0 Å². The minimum absolute atomic E-state index is 0.0192. The van der Waals surface area contributed by atoms with E-state index in [1.165, 1.54) is 13.5 Å². The molecular weight excluding hydrogens is 330 g/mol. The normalized spacial score (nSPS) is 11.7. The Morgan fingerprint density at radius 3 is 2.42 bits per heavy atom. The Morgan fingerprint density at radius 1 is 1.25 bits per heavy atom. The predicted molar refractivity (Wildman–Crippen MR) is 97.7 cm³/mol. The summed E-state index contributed by atoms with van der Waals surface area (Å²) in [5.74, 6) is 0. The van der Waals surface area contributed by atoms with Gasteiger partial charge in [-0.05, 0) is 24.6 Å². The van der Waals surface area contributed by atoms with Crippen LogP contribution in [0.5, 0.6) is 0 Å². The standard InChI is InChI=1S/C13H21N3O4S.C3H8/c1-10(14-7-8-15-13(17)20-2)11-5-4-6-12(9-11)16-21(3,18)19;1-3-2/h4-6,9-10,14,16H,7-8H2,1-3H3,(H,15,17);3H2,1-2H3. The maximum absolute atomic E-state index is 11.2. The van der Waals surface area contributed by atoms with Crippen LogP contribution in [0, 0.1) is 0 Å². The first-order valence-electron chi connectivity index (χ1n) is 7.86. The van der Waals surface area contributed by atoms with E-state index < -0.39 is 16.1 Å². The van der Waals surface area contributed by atoms with Crippen LogP contribution in [-0.4, -0.2) is 41.0 Å². The SMILES string of the molecule is CCC.COC(=O)NCCNC(C)c1cccc(NS(C)(=O)=O)c1. The number of nitrogens with one attached hydrogen (secondary N) is 3.